The molecule has 1 unspecified atom stereocenters. The molecule has 0 aliphatic carbocycles. The molecule has 210 valence electrons. The van der Waals surface area contributed by atoms with Gasteiger partial charge in [-0.1, -0.05) is 14.4 Å². The number of carboxylic acid groups (broad SMARTS) is 1. The number of hydrogen-bond donors (Lipinski definition) is 5. The number of carboxylic acids is 1. The van der Waals surface area contributed by atoms with Gasteiger partial charge in [-0.3, -0.25) is 4.79 Å². The Kier molecular flexibility index (Phi) is 21.2. The predicted octanol–water partition coefficient (Wildman–Crippen LogP) is 1.06. The Morgan fingerprint density at radius 2 is 1.06 bits per heavy atom. The van der Waals surface area contributed by atoms with Gasteiger partial charge in [-0.2, -0.15) is 0 Å². The smallest absolute Gasteiger partial charge is 0.407 e. The summed E-state index contributed by atoms with van der Waals surface area (Å²) < 4.78 is 24.9. The fourth-order valence-electron chi connectivity index (χ4n) is 2.14. The summed E-state index contributed by atoms with van der Waals surface area (Å²) in [7, 11) is 0. The Hall–Kier alpha value is -3.49. The quantitative estimate of drug-likeness (QED) is 0.135. The largest absolute Gasteiger partial charge is 0.481 e. The molecule has 5 N–H and O–H groups in total. The molecule has 0 aromatic heterocycles. The second-order valence-corrected chi connectivity index (χ2v) is 6.87. The molecule has 0 heterocycles. The SMILES string of the molecule is C.CCOC(=O)NCCNC(=O)OCC(COC(=O)NCCNC(=O)OCC)OCCC(C)C(=O)O. The van der Waals surface area contributed by atoms with E-state index in [4.69, 9.17) is 19.3 Å². The number of hydrogen-bond acceptors (Lipinski definition) is 10. The van der Waals surface area contributed by atoms with Crippen LogP contribution in [-0.2, 0) is 28.5 Å². The van der Waals surface area contributed by atoms with E-state index >= 15 is 0 Å². The van der Waals surface area contributed by atoms with Crippen LogP contribution in [0.1, 0.15) is 34.6 Å². The molecule has 0 fully saturated rings. The van der Waals surface area contributed by atoms with Crippen molar-refractivity contribution in [1.29, 1.82) is 0 Å². The molecule has 0 aromatic rings. The van der Waals surface area contributed by atoms with E-state index in [0.29, 0.717) is 0 Å². The fraction of sp³-hybridized carbons (Fsp3) is 0.762. The summed E-state index contributed by atoms with van der Waals surface area (Å²) in [6, 6.07) is 0. The lowest BCUT2D eigenvalue weighted by Crippen LogP contribution is -2.38. The van der Waals surface area contributed by atoms with Crippen LogP contribution in [0.4, 0.5) is 19.2 Å². The van der Waals surface area contributed by atoms with Crippen molar-refractivity contribution in [2.45, 2.75) is 40.7 Å². The topological polar surface area (TPSA) is 200 Å². The summed E-state index contributed by atoms with van der Waals surface area (Å²) in [6.07, 6.45) is -3.47. The van der Waals surface area contributed by atoms with Gasteiger partial charge in [0.25, 0.3) is 0 Å². The molecular weight excluding hydrogens is 484 g/mol. The van der Waals surface area contributed by atoms with Gasteiger partial charge in [-0.15, -0.1) is 0 Å². The summed E-state index contributed by atoms with van der Waals surface area (Å²) in [5.41, 5.74) is 0. The van der Waals surface area contributed by atoms with Crippen molar-refractivity contribution in [3.63, 3.8) is 0 Å². The predicted molar refractivity (Wildman–Crippen MR) is 127 cm³/mol. The maximum atomic E-state index is 11.8. The van der Waals surface area contributed by atoms with Crippen molar-refractivity contribution < 1.29 is 52.8 Å². The summed E-state index contributed by atoms with van der Waals surface area (Å²) in [6.45, 7) is 5.15. The molecule has 1 atom stereocenters. The van der Waals surface area contributed by atoms with Gasteiger partial charge in [-0.25, -0.2) is 19.2 Å². The molecule has 0 rings (SSSR count). The summed E-state index contributed by atoms with van der Waals surface area (Å²) in [4.78, 5) is 56.9. The Bertz CT molecular complexity index is 622. The van der Waals surface area contributed by atoms with Crippen molar-refractivity contribution in [2.24, 2.45) is 5.92 Å². The van der Waals surface area contributed by atoms with Crippen molar-refractivity contribution in [2.75, 3.05) is 59.2 Å². The van der Waals surface area contributed by atoms with E-state index in [2.05, 4.69) is 30.7 Å². The Balaban J connectivity index is 0. The Morgan fingerprint density at radius 1 is 0.694 bits per heavy atom. The van der Waals surface area contributed by atoms with E-state index in [1.54, 1.807) is 13.8 Å². The van der Waals surface area contributed by atoms with Crippen LogP contribution < -0.4 is 21.3 Å². The van der Waals surface area contributed by atoms with Crippen LogP contribution in [0.25, 0.3) is 0 Å². The van der Waals surface area contributed by atoms with Gasteiger partial charge in [0.2, 0.25) is 0 Å². The first-order valence-electron chi connectivity index (χ1n) is 11.2. The second kappa shape index (κ2) is 22.0. The van der Waals surface area contributed by atoms with Crippen molar-refractivity contribution in [3.05, 3.63) is 0 Å². The van der Waals surface area contributed by atoms with E-state index in [1.807, 2.05) is 0 Å². The molecule has 15 heteroatoms. The second-order valence-electron chi connectivity index (χ2n) is 6.87. The maximum Gasteiger partial charge on any atom is 0.407 e. The zero-order valence-corrected chi connectivity index (χ0v) is 20.3. The van der Waals surface area contributed by atoms with E-state index in [-0.39, 0.29) is 73.1 Å². The zero-order chi connectivity index (χ0) is 26.5. The average molecular weight is 525 g/mol. The number of carbonyl (C=O) groups excluding carboxylic acids is 4. The van der Waals surface area contributed by atoms with Crippen molar-refractivity contribution >= 4 is 30.3 Å². The first kappa shape index (κ1) is 34.7. The van der Waals surface area contributed by atoms with Gasteiger partial charge in [0.1, 0.15) is 19.3 Å². The third-order valence-corrected chi connectivity index (χ3v) is 4.00. The molecule has 0 saturated heterocycles. The van der Waals surface area contributed by atoms with E-state index in [9.17, 15) is 24.0 Å². The van der Waals surface area contributed by atoms with Crippen LogP contribution in [0.5, 0.6) is 0 Å². The summed E-state index contributed by atoms with van der Waals surface area (Å²) >= 11 is 0. The van der Waals surface area contributed by atoms with Gasteiger partial charge in [0.15, 0.2) is 0 Å². The maximum absolute atomic E-state index is 11.8. The number of carbonyl (C=O) groups is 5. The number of aliphatic carboxylic acids is 1. The Morgan fingerprint density at radius 3 is 1.39 bits per heavy atom. The molecule has 0 radical (unpaired) electrons. The lowest BCUT2D eigenvalue weighted by molar-refractivity contribution is -0.142. The van der Waals surface area contributed by atoms with Gasteiger partial charge < -0.3 is 50.1 Å². The highest BCUT2D eigenvalue weighted by Gasteiger charge is 2.18. The standard InChI is InChI=1S/C20H36N4O11.CH4/c1-4-31-17(27)21-7-9-23-19(29)34-12-15(33-11-6-14(3)16(25)26)13-35-20(30)24-10-8-22-18(28)32-5-2;/h14-15H,4-13H2,1-3H3,(H,21,27)(H,22,28)(H,23,29)(H,24,30)(H,25,26);1H4. The normalized spacial score (nSPS) is 10.8. The van der Waals surface area contributed by atoms with Crippen molar-refractivity contribution in [3.8, 4) is 0 Å². The minimum absolute atomic E-state index is 0. The molecular formula is C21H40N4O11. The number of ether oxygens (including phenoxy) is 5. The number of rotatable bonds is 17. The molecule has 0 bridgehead atoms. The molecule has 0 spiro atoms. The number of alkyl carbamates (subject to hydrolysis) is 4. The van der Waals surface area contributed by atoms with E-state index < -0.39 is 42.4 Å². The molecule has 0 aliphatic heterocycles. The Labute approximate surface area is 210 Å². The molecule has 4 amide bonds. The van der Waals surface area contributed by atoms with Crippen LogP contribution in [-0.4, -0.2) is 101 Å². The average Bonchev–Trinajstić information content (AvgIpc) is 2.81. The fourth-order valence-corrected chi connectivity index (χ4v) is 2.14. The molecule has 0 saturated carbocycles. The van der Waals surface area contributed by atoms with Crippen molar-refractivity contribution in [1.82, 2.24) is 21.3 Å². The van der Waals surface area contributed by atoms with Crippen LogP contribution in [0.2, 0.25) is 0 Å². The third kappa shape index (κ3) is 19.9. The number of amides is 4. The summed E-state index contributed by atoms with van der Waals surface area (Å²) in [5, 5.41) is 18.6. The van der Waals surface area contributed by atoms with E-state index in [0.717, 1.165) is 0 Å². The lowest BCUT2D eigenvalue weighted by Gasteiger charge is -2.19. The zero-order valence-electron chi connectivity index (χ0n) is 20.3. The molecule has 0 aromatic carbocycles. The van der Waals surface area contributed by atoms with Crippen LogP contribution in [0, 0.1) is 5.92 Å². The molecule has 0 aliphatic rings. The number of nitrogens with one attached hydrogen (secondary N) is 4. The lowest BCUT2D eigenvalue weighted by atomic mass is 10.1. The molecule has 15 nitrogen and oxygen atoms in total. The van der Waals surface area contributed by atoms with Crippen LogP contribution >= 0.6 is 0 Å². The summed E-state index contributed by atoms with van der Waals surface area (Å²) in [5.74, 6) is -1.63. The van der Waals surface area contributed by atoms with Gasteiger partial charge in [0.05, 0.1) is 19.1 Å². The highest BCUT2D eigenvalue weighted by molar-refractivity contribution is 5.70. The van der Waals surface area contributed by atoms with Gasteiger partial charge >= 0.3 is 30.3 Å². The highest BCUT2D eigenvalue weighted by Crippen LogP contribution is 2.05. The monoisotopic (exact) mass is 524 g/mol. The van der Waals surface area contributed by atoms with Crippen LogP contribution in [0.15, 0.2) is 0 Å². The first-order valence-corrected chi connectivity index (χ1v) is 11.2. The molecule has 36 heavy (non-hydrogen) atoms. The minimum atomic E-state index is -0.982. The van der Waals surface area contributed by atoms with Gasteiger partial charge in [-0.05, 0) is 20.3 Å². The highest BCUT2D eigenvalue weighted by atomic mass is 16.6. The van der Waals surface area contributed by atoms with Crippen LogP contribution in [0.3, 0.4) is 0 Å². The third-order valence-electron chi connectivity index (χ3n) is 4.00. The minimum Gasteiger partial charge on any atom is -0.481 e. The van der Waals surface area contributed by atoms with Gasteiger partial charge in [0, 0.05) is 32.8 Å². The first-order chi connectivity index (χ1) is 16.7. The van der Waals surface area contributed by atoms with E-state index in [1.165, 1.54) is 6.92 Å².